The molecular weight excluding hydrogens is 558 g/mol. The average molecular weight is 596 g/mol. The van der Waals surface area contributed by atoms with Gasteiger partial charge in [0.15, 0.2) is 0 Å². The predicted octanol–water partition coefficient (Wildman–Crippen LogP) is 3.38. The summed E-state index contributed by atoms with van der Waals surface area (Å²) in [5.74, 6) is 0.411. The van der Waals surface area contributed by atoms with Crippen molar-refractivity contribution in [3.63, 3.8) is 0 Å². The Bertz CT molecular complexity index is 1590. The third kappa shape index (κ3) is 7.19. The standard InChI is InChI=1S/C28H37N9O4S/c1-5-8-15-31-42(39,40)22-13-14-25(41-4)24(18-22)37(28-30-19-23-26(32-28)34-35-33-23)21-11-9-20(10-12-21)27(38)29-16-17-36(6-2)7-3/h9-14,18-19,31H,5-8,15-17H2,1-4H3,(H,29,38)(H,30,32,33,34,35). The molecule has 3 N–H and O–H groups in total. The minimum atomic E-state index is -3.80. The van der Waals surface area contributed by atoms with Crippen LogP contribution in [0.4, 0.5) is 17.3 Å². The summed E-state index contributed by atoms with van der Waals surface area (Å²) in [5, 5.41) is 13.6. The summed E-state index contributed by atoms with van der Waals surface area (Å²) in [4.78, 5) is 25.8. The summed E-state index contributed by atoms with van der Waals surface area (Å²) >= 11 is 0. The van der Waals surface area contributed by atoms with Gasteiger partial charge in [0.2, 0.25) is 21.6 Å². The first kappa shape index (κ1) is 30.8. The van der Waals surface area contributed by atoms with Crippen LogP contribution < -0.4 is 19.7 Å². The maximum absolute atomic E-state index is 13.1. The fraction of sp³-hybridized carbons (Fsp3) is 0.393. The number of aromatic nitrogens is 5. The summed E-state index contributed by atoms with van der Waals surface area (Å²) in [6.07, 6.45) is 3.09. The lowest BCUT2D eigenvalue weighted by Gasteiger charge is -2.25. The van der Waals surface area contributed by atoms with Crippen molar-refractivity contribution < 1.29 is 17.9 Å². The minimum Gasteiger partial charge on any atom is -0.495 e. The molecule has 0 fully saturated rings. The van der Waals surface area contributed by atoms with Crippen molar-refractivity contribution in [2.75, 3.05) is 44.7 Å². The number of hydrogen-bond acceptors (Lipinski definition) is 10. The number of fused-ring (bicyclic) bond motifs is 1. The van der Waals surface area contributed by atoms with E-state index in [1.54, 1.807) is 35.2 Å². The highest BCUT2D eigenvalue weighted by Gasteiger charge is 2.24. The number of anilines is 3. The van der Waals surface area contributed by atoms with Crippen LogP contribution >= 0.6 is 0 Å². The number of unbranched alkanes of at least 4 members (excludes halogenated alkanes) is 1. The number of aromatic amines is 1. The van der Waals surface area contributed by atoms with Crippen molar-refractivity contribution in [2.24, 2.45) is 0 Å². The Morgan fingerprint density at radius 1 is 1.02 bits per heavy atom. The number of hydrogen-bond donors (Lipinski definition) is 3. The van der Waals surface area contributed by atoms with Gasteiger partial charge < -0.3 is 15.0 Å². The van der Waals surface area contributed by atoms with Gasteiger partial charge in [-0.05, 0) is 62.0 Å². The molecule has 2 heterocycles. The number of ether oxygens (including phenoxy) is 1. The van der Waals surface area contributed by atoms with Crippen molar-refractivity contribution in [3.05, 3.63) is 54.2 Å². The van der Waals surface area contributed by atoms with Crippen molar-refractivity contribution >= 4 is 44.4 Å². The van der Waals surface area contributed by atoms with Crippen molar-refractivity contribution in [2.45, 2.75) is 38.5 Å². The second kappa shape index (κ2) is 14.2. The molecule has 0 atom stereocenters. The van der Waals surface area contributed by atoms with Crippen molar-refractivity contribution in [3.8, 4) is 5.75 Å². The number of sulfonamides is 1. The Hall–Kier alpha value is -4.14. The van der Waals surface area contributed by atoms with Gasteiger partial charge in [0.05, 0.1) is 23.9 Å². The Labute approximate surface area is 245 Å². The summed E-state index contributed by atoms with van der Waals surface area (Å²) in [6.45, 7) is 9.62. The predicted molar refractivity (Wildman–Crippen MR) is 161 cm³/mol. The largest absolute Gasteiger partial charge is 0.495 e. The van der Waals surface area contributed by atoms with Crippen LogP contribution in [0.5, 0.6) is 5.75 Å². The molecule has 0 aliphatic heterocycles. The van der Waals surface area contributed by atoms with E-state index in [0.29, 0.717) is 46.9 Å². The lowest BCUT2D eigenvalue weighted by atomic mass is 10.1. The molecule has 0 aliphatic rings. The van der Waals surface area contributed by atoms with Gasteiger partial charge in [-0.2, -0.15) is 15.3 Å². The number of rotatable bonds is 15. The van der Waals surface area contributed by atoms with Crippen LogP contribution in [0.1, 0.15) is 44.0 Å². The van der Waals surface area contributed by atoms with Gasteiger partial charge in [0.25, 0.3) is 5.91 Å². The lowest BCUT2D eigenvalue weighted by Crippen LogP contribution is -2.34. The van der Waals surface area contributed by atoms with E-state index >= 15 is 0 Å². The van der Waals surface area contributed by atoms with E-state index in [4.69, 9.17) is 4.74 Å². The third-order valence-corrected chi connectivity index (χ3v) is 8.24. The zero-order valence-corrected chi connectivity index (χ0v) is 25.1. The van der Waals surface area contributed by atoms with Gasteiger partial charge in [-0.1, -0.05) is 27.2 Å². The van der Waals surface area contributed by atoms with Gasteiger partial charge in [-0.15, -0.1) is 5.10 Å². The molecule has 2 aromatic heterocycles. The van der Waals surface area contributed by atoms with Crippen LogP contribution in [0.25, 0.3) is 11.2 Å². The van der Waals surface area contributed by atoms with Crippen molar-refractivity contribution in [1.29, 1.82) is 0 Å². The second-order valence-corrected chi connectivity index (χ2v) is 11.2. The number of benzene rings is 2. The maximum atomic E-state index is 13.1. The van der Waals surface area contributed by atoms with E-state index in [0.717, 1.165) is 32.5 Å². The quantitative estimate of drug-likeness (QED) is 0.174. The molecule has 14 heteroatoms. The molecule has 0 saturated heterocycles. The molecule has 0 aliphatic carbocycles. The molecule has 0 saturated carbocycles. The minimum absolute atomic E-state index is 0.0612. The lowest BCUT2D eigenvalue weighted by molar-refractivity contribution is 0.0949. The molecule has 0 bridgehead atoms. The van der Waals surface area contributed by atoms with Crippen LogP contribution in [0.15, 0.2) is 53.6 Å². The molecule has 13 nitrogen and oxygen atoms in total. The zero-order chi connectivity index (χ0) is 30.1. The van der Waals surface area contributed by atoms with Crippen LogP contribution in [-0.4, -0.2) is 84.4 Å². The van der Waals surface area contributed by atoms with E-state index in [1.807, 2.05) is 6.92 Å². The van der Waals surface area contributed by atoms with Gasteiger partial charge in [0.1, 0.15) is 11.3 Å². The zero-order valence-electron chi connectivity index (χ0n) is 24.3. The van der Waals surface area contributed by atoms with Gasteiger partial charge in [-0.3, -0.25) is 9.69 Å². The molecule has 4 aromatic rings. The van der Waals surface area contributed by atoms with E-state index in [2.05, 4.69) is 54.2 Å². The molecule has 0 spiro atoms. The Morgan fingerprint density at radius 3 is 2.48 bits per heavy atom. The number of likely N-dealkylation sites (N-methyl/N-ethyl adjacent to an activating group) is 1. The number of nitrogens with one attached hydrogen (secondary N) is 3. The first-order valence-corrected chi connectivity index (χ1v) is 15.4. The number of carbonyl (C=O) groups excluding carboxylic acids is 1. The SMILES string of the molecule is CCCCNS(=O)(=O)c1ccc(OC)c(N(c2ccc(C(=O)NCCN(CC)CC)cc2)c2ncc3n[nH]nc3n2)c1. The molecule has 4 rings (SSSR count). The fourth-order valence-electron chi connectivity index (χ4n) is 4.32. The van der Waals surface area contributed by atoms with Crippen LogP contribution in [0.3, 0.4) is 0 Å². The van der Waals surface area contributed by atoms with E-state index in [-0.39, 0.29) is 16.8 Å². The maximum Gasteiger partial charge on any atom is 0.251 e. The van der Waals surface area contributed by atoms with E-state index in [9.17, 15) is 13.2 Å². The summed E-state index contributed by atoms with van der Waals surface area (Å²) in [5.41, 5.74) is 2.24. The van der Waals surface area contributed by atoms with Crippen LogP contribution in [0, 0.1) is 0 Å². The molecule has 42 heavy (non-hydrogen) atoms. The number of carbonyl (C=O) groups is 1. The first-order chi connectivity index (χ1) is 20.3. The molecule has 224 valence electrons. The third-order valence-electron chi connectivity index (χ3n) is 6.78. The highest BCUT2D eigenvalue weighted by Crippen LogP contribution is 2.40. The molecule has 0 unspecified atom stereocenters. The summed E-state index contributed by atoms with van der Waals surface area (Å²) in [7, 11) is -2.30. The average Bonchev–Trinajstić information content (AvgIpc) is 3.48. The van der Waals surface area contributed by atoms with Gasteiger partial charge in [0, 0.05) is 30.9 Å². The highest BCUT2D eigenvalue weighted by molar-refractivity contribution is 7.89. The fourth-order valence-corrected chi connectivity index (χ4v) is 5.42. The Morgan fingerprint density at radius 2 is 1.79 bits per heavy atom. The van der Waals surface area contributed by atoms with Gasteiger partial charge >= 0.3 is 0 Å². The second-order valence-electron chi connectivity index (χ2n) is 9.45. The molecular formula is C28H37N9O4S. The summed E-state index contributed by atoms with van der Waals surface area (Å²) in [6, 6.07) is 11.5. The van der Waals surface area contributed by atoms with Crippen molar-refractivity contribution in [1.82, 2.24) is 40.3 Å². The van der Waals surface area contributed by atoms with E-state index < -0.39 is 10.0 Å². The number of H-pyrrole nitrogens is 1. The number of amides is 1. The van der Waals surface area contributed by atoms with Crippen LogP contribution in [0.2, 0.25) is 0 Å². The van der Waals surface area contributed by atoms with Gasteiger partial charge in [-0.25, -0.2) is 18.1 Å². The Kier molecular flexibility index (Phi) is 10.4. The Balaban J connectivity index is 1.72. The van der Waals surface area contributed by atoms with E-state index in [1.165, 1.54) is 25.4 Å². The summed E-state index contributed by atoms with van der Waals surface area (Å²) < 4.78 is 34.5. The topological polar surface area (TPSA) is 158 Å². The monoisotopic (exact) mass is 595 g/mol. The highest BCUT2D eigenvalue weighted by atomic mass is 32.2. The number of methoxy groups -OCH3 is 1. The molecule has 1 amide bonds. The first-order valence-electron chi connectivity index (χ1n) is 13.9. The smallest absolute Gasteiger partial charge is 0.251 e. The normalized spacial score (nSPS) is 11.6. The van der Waals surface area contributed by atoms with Crippen LogP contribution in [-0.2, 0) is 10.0 Å². The number of nitrogens with zero attached hydrogens (tertiary/aromatic N) is 6. The molecule has 2 aromatic carbocycles. The molecule has 0 radical (unpaired) electrons.